The number of phenols is 1. The molecule has 0 bridgehead atoms. The van der Waals surface area contributed by atoms with Crippen LogP contribution in [0.2, 0.25) is 5.02 Å². The van der Waals surface area contributed by atoms with Crippen LogP contribution >= 0.6 is 22.9 Å². The highest BCUT2D eigenvalue weighted by Gasteiger charge is 2.45. The molecule has 0 spiro atoms. The maximum absolute atomic E-state index is 17.2. The number of aromatic nitrogens is 3. The van der Waals surface area contributed by atoms with Crippen LogP contribution < -0.4 is 20.3 Å². The molecule has 2 aromatic heterocycles. The summed E-state index contributed by atoms with van der Waals surface area (Å²) in [4.78, 5) is 81.6. The average Bonchev–Trinajstić information content (AvgIpc) is 1.05. The number of aromatic hydroxyl groups is 1. The third-order valence-electron chi connectivity index (χ3n) is 17.5. The van der Waals surface area contributed by atoms with Crippen molar-refractivity contribution in [1.82, 2.24) is 50.1 Å². The summed E-state index contributed by atoms with van der Waals surface area (Å²) < 4.78 is 23.7. The number of amides is 4. The van der Waals surface area contributed by atoms with Crippen molar-refractivity contribution in [3.8, 4) is 33.3 Å². The minimum absolute atomic E-state index is 0.0103. The molecule has 4 aromatic carbocycles. The van der Waals surface area contributed by atoms with Gasteiger partial charge in [0, 0.05) is 82.8 Å². The van der Waals surface area contributed by atoms with E-state index in [2.05, 4.69) is 36.9 Å². The van der Waals surface area contributed by atoms with Crippen LogP contribution in [-0.2, 0) is 19.2 Å². The summed E-state index contributed by atoms with van der Waals surface area (Å²) in [5, 5.41) is 29.6. The lowest BCUT2D eigenvalue weighted by molar-refractivity contribution is -0.144. The van der Waals surface area contributed by atoms with E-state index in [-0.39, 0.29) is 83.1 Å². The second-order valence-electron chi connectivity index (χ2n) is 24.8. The van der Waals surface area contributed by atoms with Crippen LogP contribution in [0.3, 0.4) is 0 Å². The number of benzene rings is 4. The molecular formula is C65H81ClFN11O7S. The molecule has 10 rings (SSSR count). The Morgan fingerprint density at radius 3 is 2.29 bits per heavy atom. The number of anilines is 1. The number of aliphatic hydroxyl groups is 1. The molecule has 21 heteroatoms. The second-order valence-corrected chi connectivity index (χ2v) is 26.1. The predicted octanol–water partition coefficient (Wildman–Crippen LogP) is 8.46. The number of thiazole rings is 1. The molecule has 4 aliphatic rings. The summed E-state index contributed by atoms with van der Waals surface area (Å²) in [5.41, 5.74) is 4.70. The number of halogens is 2. The highest BCUT2D eigenvalue weighted by Crippen LogP contribution is 2.43. The van der Waals surface area contributed by atoms with Gasteiger partial charge in [0.1, 0.15) is 35.3 Å². The van der Waals surface area contributed by atoms with Gasteiger partial charge < -0.3 is 45.2 Å². The Labute approximate surface area is 512 Å². The first-order valence-electron chi connectivity index (χ1n) is 30.2. The Balaban J connectivity index is 0.678. The Morgan fingerprint density at radius 2 is 1.60 bits per heavy atom. The minimum Gasteiger partial charge on any atom is -0.508 e. The molecule has 86 heavy (non-hydrogen) atoms. The molecule has 4 fully saturated rings. The van der Waals surface area contributed by atoms with Crippen LogP contribution in [0.5, 0.6) is 11.8 Å². The summed E-state index contributed by atoms with van der Waals surface area (Å²) >= 11 is 8.54. The number of piperidine rings is 1. The number of hydrogen-bond acceptors (Lipinski definition) is 15. The lowest BCUT2D eigenvalue weighted by atomic mass is 9.85. The first-order valence-corrected chi connectivity index (χ1v) is 31.5. The molecule has 18 nitrogen and oxygen atoms in total. The number of fused-ring (bicyclic) bond motifs is 2. The van der Waals surface area contributed by atoms with Gasteiger partial charge in [-0.3, -0.25) is 29.0 Å². The monoisotopic (exact) mass is 1210 g/mol. The molecule has 4 amide bonds. The number of β-amino-alcohol motifs (C(OH)–C–C–N with tert-alkyl or cyclic N) is 1. The van der Waals surface area contributed by atoms with Crippen molar-refractivity contribution in [1.29, 1.82) is 0 Å². The zero-order valence-corrected chi connectivity index (χ0v) is 51.8. The summed E-state index contributed by atoms with van der Waals surface area (Å²) in [6.45, 7) is 23.9. The highest BCUT2D eigenvalue weighted by atomic mass is 35.5. The van der Waals surface area contributed by atoms with E-state index < -0.39 is 29.4 Å². The van der Waals surface area contributed by atoms with Crippen molar-refractivity contribution in [3.63, 3.8) is 0 Å². The van der Waals surface area contributed by atoms with E-state index in [9.17, 15) is 29.4 Å². The zero-order chi connectivity index (χ0) is 61.0. The van der Waals surface area contributed by atoms with E-state index in [0.29, 0.717) is 55.4 Å². The number of ether oxygens (including phenoxy) is 1. The molecule has 5 atom stereocenters. The SMILES string of the molecule is C=CC(=O)N1CCN(c2nc(O[C@H](C)CN3CCN(CCCC4CCN(CC(=O)N[C@H](C(=O)N5C[C@H](O)C[C@H]5C(=O)N[C@@H](C)c5ccc(-c6scnc6C)cc5)C(C)(C)C)CC4)CC3)nc3c(F)c(-c4cc(O)cc5ccccc45)c(Cl)cc23)CC1. The number of nitrogens with zero attached hydrogens (tertiary/aromatic N) is 9. The molecule has 0 radical (unpaired) electrons. The zero-order valence-electron chi connectivity index (χ0n) is 50.2. The average molecular weight is 1210 g/mol. The Bertz CT molecular complexity index is 3430. The maximum Gasteiger partial charge on any atom is 0.319 e. The van der Waals surface area contributed by atoms with Gasteiger partial charge in [-0.2, -0.15) is 9.97 Å². The molecule has 458 valence electrons. The Morgan fingerprint density at radius 1 is 0.895 bits per heavy atom. The van der Waals surface area contributed by atoms with Crippen LogP contribution in [0.25, 0.3) is 43.2 Å². The predicted molar refractivity (Wildman–Crippen MR) is 336 cm³/mol. The van der Waals surface area contributed by atoms with E-state index in [4.69, 9.17) is 26.3 Å². The van der Waals surface area contributed by atoms with Crippen molar-refractivity contribution >= 4 is 74.1 Å². The lowest BCUT2D eigenvalue weighted by Gasteiger charge is -2.37. The third-order valence-corrected chi connectivity index (χ3v) is 18.8. The summed E-state index contributed by atoms with van der Waals surface area (Å²) in [6.07, 6.45) is 4.39. The number of carbonyl (C=O) groups is 4. The van der Waals surface area contributed by atoms with Gasteiger partial charge in [0.05, 0.1) is 39.8 Å². The van der Waals surface area contributed by atoms with E-state index in [1.54, 1.807) is 28.4 Å². The van der Waals surface area contributed by atoms with E-state index in [0.717, 1.165) is 104 Å². The fourth-order valence-electron chi connectivity index (χ4n) is 12.7. The third kappa shape index (κ3) is 14.4. The Hall–Kier alpha value is -6.81. The summed E-state index contributed by atoms with van der Waals surface area (Å²) in [6, 6.07) is 18.2. The van der Waals surface area contributed by atoms with Crippen LogP contribution in [0.15, 0.2) is 84.9 Å². The van der Waals surface area contributed by atoms with Gasteiger partial charge in [0.25, 0.3) is 0 Å². The van der Waals surface area contributed by atoms with E-state index in [1.807, 2.05) is 100 Å². The lowest BCUT2D eigenvalue weighted by Crippen LogP contribution is -2.59. The maximum atomic E-state index is 17.2. The van der Waals surface area contributed by atoms with Gasteiger partial charge in [-0.15, -0.1) is 11.3 Å². The number of carbonyl (C=O) groups excluding carboxylic acids is 4. The molecular weight excluding hydrogens is 1130 g/mol. The van der Waals surface area contributed by atoms with E-state index >= 15 is 4.39 Å². The minimum atomic E-state index is -0.898. The Kier molecular flexibility index (Phi) is 19.6. The van der Waals surface area contributed by atoms with Gasteiger partial charge in [-0.25, -0.2) is 9.37 Å². The summed E-state index contributed by atoms with van der Waals surface area (Å²) in [5.74, 6) is -0.757. The van der Waals surface area contributed by atoms with Crippen molar-refractivity contribution < 1.29 is 38.5 Å². The molecule has 4 aliphatic heterocycles. The molecule has 4 N–H and O–H groups in total. The van der Waals surface area contributed by atoms with Crippen molar-refractivity contribution in [2.45, 2.75) is 104 Å². The van der Waals surface area contributed by atoms with Crippen molar-refractivity contribution in [3.05, 3.63) is 107 Å². The second kappa shape index (κ2) is 27.1. The summed E-state index contributed by atoms with van der Waals surface area (Å²) in [7, 11) is 0. The van der Waals surface area contributed by atoms with Gasteiger partial charge in [0.2, 0.25) is 23.6 Å². The van der Waals surface area contributed by atoms with Crippen molar-refractivity contribution in [2.75, 3.05) is 96.5 Å². The van der Waals surface area contributed by atoms with Crippen molar-refractivity contribution in [2.24, 2.45) is 11.3 Å². The molecule has 0 aliphatic carbocycles. The number of likely N-dealkylation sites (tertiary alicyclic amines) is 2. The molecule has 4 saturated heterocycles. The van der Waals surface area contributed by atoms with Gasteiger partial charge in [0.15, 0.2) is 5.82 Å². The normalized spacial score (nSPS) is 19.6. The van der Waals surface area contributed by atoms with Crippen LogP contribution in [0, 0.1) is 24.1 Å². The number of phenolic OH excluding ortho intramolecular Hbond substituents is 1. The topological polar surface area (TPSA) is 200 Å². The molecule has 6 aromatic rings. The number of hydrogen-bond donors (Lipinski definition) is 4. The van der Waals surface area contributed by atoms with Gasteiger partial charge in [-0.1, -0.05) is 87.5 Å². The van der Waals surface area contributed by atoms with Crippen LogP contribution in [-0.4, -0.2) is 189 Å². The molecule has 0 saturated carbocycles. The number of rotatable bonds is 19. The first-order chi connectivity index (χ1) is 41.2. The number of nitrogens with one attached hydrogen (secondary N) is 2. The van der Waals surface area contributed by atoms with Crippen LogP contribution in [0.1, 0.15) is 84.0 Å². The quantitative estimate of drug-likeness (QED) is 0.0563. The smallest absolute Gasteiger partial charge is 0.319 e. The number of aliphatic hydroxyl groups excluding tert-OH is 1. The number of piperazine rings is 2. The van der Waals surface area contributed by atoms with E-state index in [1.165, 1.54) is 17.0 Å². The molecule has 0 unspecified atom stereocenters. The standard InChI is InChI=1S/C65H81ClFN11O7S/c1-8-55(82)76-28-30-77(31-29-76)61-51-35-52(66)56(50-33-47(79)32-46-13-9-10-14-49(46)50)57(67)58(51)71-64(72-61)85-40(2)36-75-26-24-73(25-27-75)21-11-12-43-19-22-74(23-20-43)38-54(81)70-60(65(5,6)7)63(84)78-37-48(80)34-53(78)62(83)69-41(3)44-15-17-45(18-16-44)59-42(4)68-39-86-59/h8-10,13-18,32-33,35,39-41,43,48,53,60,79-80H,1,11-12,19-31,34,36-38H2,2-7H3,(H,69,83)(H,70,81)/t40-,41+,48-,53+,60-/m1/s1. The number of aryl methyl sites for hydroxylation is 1. The fourth-order valence-corrected chi connectivity index (χ4v) is 13.8. The van der Waals surface area contributed by atoms with Crippen LogP contribution in [0.4, 0.5) is 10.2 Å². The van der Waals surface area contributed by atoms with Gasteiger partial charge in [-0.05, 0) is 129 Å². The largest absolute Gasteiger partial charge is 0.508 e. The fraction of sp³-hybridized carbons (Fsp3) is 0.492. The highest BCUT2D eigenvalue weighted by molar-refractivity contribution is 7.13. The first kappa shape index (κ1) is 62.2. The van der Waals surface area contributed by atoms with Gasteiger partial charge >= 0.3 is 6.01 Å². The molecule has 6 heterocycles.